The molecule has 0 N–H and O–H groups in total. The molecule has 1 amide bonds. The number of benzene rings is 1. The van der Waals surface area contributed by atoms with E-state index >= 15 is 0 Å². The lowest BCUT2D eigenvalue weighted by molar-refractivity contribution is -0.132. The number of carbonyl (C=O) groups excluding carboxylic acids is 1. The number of carbonyl (C=O) groups is 1. The minimum Gasteiger partial charge on any atom is -0.366 e. The van der Waals surface area contributed by atoms with Crippen molar-refractivity contribution in [1.82, 2.24) is 9.88 Å². The van der Waals surface area contributed by atoms with Gasteiger partial charge in [-0.2, -0.15) is 0 Å². The molecule has 5 heteroatoms. The molecule has 124 valence electrons. The van der Waals surface area contributed by atoms with Gasteiger partial charge in [0.25, 0.3) is 0 Å². The number of rotatable bonds is 3. The van der Waals surface area contributed by atoms with Crippen LogP contribution >= 0.6 is 0 Å². The van der Waals surface area contributed by atoms with E-state index < -0.39 is 0 Å². The van der Waals surface area contributed by atoms with Crippen LogP contribution in [0.25, 0.3) is 11.1 Å². The molecule has 0 atom stereocenters. The highest BCUT2D eigenvalue weighted by Gasteiger charge is 2.35. The smallest absolute Gasteiger partial charge is 0.225 e. The van der Waals surface area contributed by atoms with E-state index in [1.165, 1.54) is 6.20 Å². The fraction of sp³-hybridized carbons (Fsp3) is 0.368. The van der Waals surface area contributed by atoms with Crippen molar-refractivity contribution in [3.05, 3.63) is 48.5 Å². The van der Waals surface area contributed by atoms with Gasteiger partial charge in [-0.05, 0) is 18.4 Å². The Morgan fingerprint density at radius 1 is 1.04 bits per heavy atom. The molecule has 1 aliphatic carbocycles. The van der Waals surface area contributed by atoms with Crippen LogP contribution in [-0.4, -0.2) is 42.0 Å². The van der Waals surface area contributed by atoms with E-state index in [1.54, 1.807) is 6.20 Å². The Morgan fingerprint density at radius 3 is 2.42 bits per heavy atom. The molecule has 24 heavy (non-hydrogen) atoms. The van der Waals surface area contributed by atoms with Crippen LogP contribution in [-0.2, 0) is 4.79 Å². The first-order valence-electron chi connectivity index (χ1n) is 8.46. The van der Waals surface area contributed by atoms with Gasteiger partial charge in [-0.15, -0.1) is 0 Å². The lowest BCUT2D eigenvalue weighted by atomic mass is 10.0. The molecular weight excluding hydrogens is 305 g/mol. The molecule has 1 aliphatic heterocycles. The van der Waals surface area contributed by atoms with Gasteiger partial charge >= 0.3 is 0 Å². The van der Waals surface area contributed by atoms with Crippen LogP contribution in [0.4, 0.5) is 10.1 Å². The van der Waals surface area contributed by atoms with Crippen LogP contribution in [0.15, 0.2) is 42.7 Å². The van der Waals surface area contributed by atoms with Crippen molar-refractivity contribution >= 4 is 11.6 Å². The molecule has 0 unspecified atom stereocenters. The number of anilines is 1. The third kappa shape index (κ3) is 2.86. The van der Waals surface area contributed by atoms with Crippen LogP contribution in [0.1, 0.15) is 12.8 Å². The molecule has 2 heterocycles. The number of halogens is 1. The fourth-order valence-corrected chi connectivity index (χ4v) is 3.31. The van der Waals surface area contributed by atoms with Gasteiger partial charge in [-0.25, -0.2) is 4.39 Å². The van der Waals surface area contributed by atoms with Crippen molar-refractivity contribution in [2.24, 2.45) is 5.92 Å². The summed E-state index contributed by atoms with van der Waals surface area (Å²) in [5.41, 5.74) is 2.25. The SMILES string of the molecule is O=C(C1CC1)N1CCN(c2cncc(F)c2-c2ccccc2)CC1. The molecular formula is C19H20FN3O. The molecule has 1 saturated heterocycles. The second-order valence-electron chi connectivity index (χ2n) is 6.47. The van der Waals surface area contributed by atoms with Crippen molar-refractivity contribution in [1.29, 1.82) is 0 Å². The van der Waals surface area contributed by atoms with E-state index in [1.807, 2.05) is 35.2 Å². The van der Waals surface area contributed by atoms with Crippen molar-refractivity contribution < 1.29 is 9.18 Å². The predicted octanol–water partition coefficient (Wildman–Crippen LogP) is 2.95. The molecule has 2 aromatic rings. The number of amides is 1. The van der Waals surface area contributed by atoms with Crippen molar-refractivity contribution in [2.45, 2.75) is 12.8 Å². The Morgan fingerprint density at radius 2 is 1.75 bits per heavy atom. The lowest BCUT2D eigenvalue weighted by Crippen LogP contribution is -2.49. The zero-order chi connectivity index (χ0) is 16.5. The highest BCUT2D eigenvalue weighted by atomic mass is 19.1. The Hall–Kier alpha value is -2.43. The van der Waals surface area contributed by atoms with Gasteiger partial charge in [0.05, 0.1) is 18.1 Å². The maximum absolute atomic E-state index is 14.5. The van der Waals surface area contributed by atoms with Gasteiger partial charge in [0, 0.05) is 37.7 Å². The standard InChI is InChI=1S/C19H20FN3O/c20-16-12-21-13-17(18(16)14-4-2-1-3-5-14)22-8-10-23(11-9-22)19(24)15-6-7-15/h1-5,12-13,15H,6-11H2. The second-order valence-corrected chi connectivity index (χ2v) is 6.47. The monoisotopic (exact) mass is 325 g/mol. The summed E-state index contributed by atoms with van der Waals surface area (Å²) in [5, 5.41) is 0. The van der Waals surface area contributed by atoms with Crippen LogP contribution in [0.5, 0.6) is 0 Å². The van der Waals surface area contributed by atoms with E-state index in [9.17, 15) is 9.18 Å². The van der Waals surface area contributed by atoms with Crippen LogP contribution < -0.4 is 4.90 Å². The topological polar surface area (TPSA) is 36.4 Å². The third-order valence-electron chi connectivity index (χ3n) is 4.80. The Labute approximate surface area is 140 Å². The molecule has 1 saturated carbocycles. The van der Waals surface area contributed by atoms with Gasteiger partial charge in [0.2, 0.25) is 5.91 Å². The first-order valence-corrected chi connectivity index (χ1v) is 8.46. The largest absolute Gasteiger partial charge is 0.366 e. The van der Waals surface area contributed by atoms with E-state index in [2.05, 4.69) is 9.88 Å². The van der Waals surface area contributed by atoms with Crippen molar-refractivity contribution in [3.8, 4) is 11.1 Å². The number of aromatic nitrogens is 1. The minimum atomic E-state index is -0.310. The minimum absolute atomic E-state index is 0.257. The van der Waals surface area contributed by atoms with Gasteiger partial charge < -0.3 is 9.80 Å². The maximum atomic E-state index is 14.5. The first kappa shape index (κ1) is 15.1. The van der Waals surface area contributed by atoms with Gasteiger partial charge in [-0.3, -0.25) is 9.78 Å². The zero-order valence-electron chi connectivity index (χ0n) is 13.5. The Kier molecular flexibility index (Phi) is 3.92. The van der Waals surface area contributed by atoms with Crippen molar-refractivity contribution in [2.75, 3.05) is 31.1 Å². The second kappa shape index (κ2) is 6.23. The summed E-state index contributed by atoms with van der Waals surface area (Å²) in [7, 11) is 0. The first-order chi connectivity index (χ1) is 11.7. The average molecular weight is 325 g/mol. The number of hydrogen-bond donors (Lipinski definition) is 0. The van der Waals surface area contributed by atoms with E-state index in [0.717, 1.165) is 24.1 Å². The van der Waals surface area contributed by atoms with E-state index in [4.69, 9.17) is 0 Å². The van der Waals surface area contributed by atoms with E-state index in [-0.39, 0.29) is 17.6 Å². The molecule has 1 aromatic heterocycles. The summed E-state index contributed by atoms with van der Waals surface area (Å²) in [6, 6.07) is 9.56. The van der Waals surface area contributed by atoms with Gasteiger partial charge in [0.15, 0.2) is 5.82 Å². The third-order valence-corrected chi connectivity index (χ3v) is 4.80. The Balaban J connectivity index is 1.57. The summed E-state index contributed by atoms with van der Waals surface area (Å²) in [6.45, 7) is 2.81. The lowest BCUT2D eigenvalue weighted by Gasteiger charge is -2.37. The summed E-state index contributed by atoms with van der Waals surface area (Å²) >= 11 is 0. The van der Waals surface area contributed by atoms with Crippen LogP contribution in [0, 0.1) is 11.7 Å². The van der Waals surface area contributed by atoms with Crippen LogP contribution in [0.2, 0.25) is 0 Å². The molecule has 0 radical (unpaired) electrons. The number of piperazine rings is 1. The number of pyridine rings is 1. The fourth-order valence-electron chi connectivity index (χ4n) is 3.31. The molecule has 0 spiro atoms. The summed E-state index contributed by atoms with van der Waals surface area (Å²) < 4.78 is 14.5. The highest BCUT2D eigenvalue weighted by molar-refractivity contribution is 5.82. The predicted molar refractivity (Wildman–Crippen MR) is 91.1 cm³/mol. The molecule has 4 rings (SSSR count). The molecule has 4 nitrogen and oxygen atoms in total. The zero-order valence-corrected chi connectivity index (χ0v) is 13.5. The quantitative estimate of drug-likeness (QED) is 0.870. The normalized spacial score (nSPS) is 17.9. The highest BCUT2D eigenvalue weighted by Crippen LogP contribution is 2.34. The molecule has 1 aromatic carbocycles. The van der Waals surface area contributed by atoms with E-state index in [0.29, 0.717) is 31.7 Å². The average Bonchev–Trinajstić information content (AvgIpc) is 3.47. The number of nitrogens with zero attached hydrogens (tertiary/aromatic N) is 3. The summed E-state index contributed by atoms with van der Waals surface area (Å²) in [6.07, 6.45) is 5.05. The van der Waals surface area contributed by atoms with Crippen molar-refractivity contribution in [3.63, 3.8) is 0 Å². The molecule has 2 aliphatic rings. The summed E-state index contributed by atoms with van der Waals surface area (Å²) in [5.74, 6) is 0.234. The Bertz CT molecular complexity index is 738. The van der Waals surface area contributed by atoms with Gasteiger partial charge in [-0.1, -0.05) is 30.3 Å². The number of hydrogen-bond acceptors (Lipinski definition) is 3. The van der Waals surface area contributed by atoms with Gasteiger partial charge in [0.1, 0.15) is 0 Å². The molecule has 0 bridgehead atoms. The summed E-state index contributed by atoms with van der Waals surface area (Å²) in [4.78, 5) is 20.3. The maximum Gasteiger partial charge on any atom is 0.225 e. The van der Waals surface area contributed by atoms with Crippen LogP contribution in [0.3, 0.4) is 0 Å². The molecule has 2 fully saturated rings.